The van der Waals surface area contributed by atoms with Gasteiger partial charge in [-0.3, -0.25) is 4.57 Å². The van der Waals surface area contributed by atoms with Gasteiger partial charge in [0.25, 0.3) is 0 Å². The minimum Gasteiger partial charge on any atom is -0.308 e. The second-order valence-electron chi connectivity index (χ2n) is 14.1. The Morgan fingerprint density at radius 2 is 1.13 bits per heavy atom. The van der Waals surface area contributed by atoms with Crippen LogP contribution in [0.5, 0.6) is 0 Å². The maximum atomic E-state index is 5.52. The van der Waals surface area contributed by atoms with Crippen molar-refractivity contribution in [1.29, 1.82) is 0 Å². The summed E-state index contributed by atoms with van der Waals surface area (Å²) in [5, 5.41) is 12.4. The van der Waals surface area contributed by atoms with Crippen LogP contribution in [0.3, 0.4) is 0 Å². The van der Waals surface area contributed by atoms with Crippen molar-refractivity contribution in [3.05, 3.63) is 158 Å². The second kappa shape index (κ2) is 9.94. The van der Waals surface area contributed by atoms with Crippen molar-refractivity contribution in [2.75, 3.05) is 0 Å². The Morgan fingerprint density at radius 3 is 2.04 bits per heavy atom. The molecule has 5 aromatic heterocycles. The number of hydrogen-bond acceptors (Lipinski definition) is 3. The predicted octanol–water partition coefficient (Wildman–Crippen LogP) is 13.1. The summed E-state index contributed by atoms with van der Waals surface area (Å²) >= 11 is 1.88. The highest BCUT2D eigenvalue weighted by molar-refractivity contribution is 7.25. The monoisotopic (exact) mass is 690 g/mol. The van der Waals surface area contributed by atoms with Crippen molar-refractivity contribution in [2.45, 2.75) is 0 Å². The fourth-order valence-corrected chi connectivity index (χ4v) is 10.3. The molecule has 0 fully saturated rings. The molecule has 0 aliphatic heterocycles. The molecule has 0 unspecified atom stereocenters. The highest BCUT2D eigenvalue weighted by atomic mass is 32.1. The van der Waals surface area contributed by atoms with E-state index in [9.17, 15) is 0 Å². The molecule has 0 amide bonds. The van der Waals surface area contributed by atoms with E-state index in [4.69, 9.17) is 9.97 Å². The van der Waals surface area contributed by atoms with E-state index in [2.05, 4.69) is 167 Å². The van der Waals surface area contributed by atoms with Crippen LogP contribution in [-0.2, 0) is 0 Å². The number of aromatic nitrogens is 4. The summed E-state index contributed by atoms with van der Waals surface area (Å²) in [6, 6.07) is 57.3. The van der Waals surface area contributed by atoms with Gasteiger partial charge in [-0.1, -0.05) is 115 Å². The average Bonchev–Trinajstić information content (AvgIpc) is 3.84. The van der Waals surface area contributed by atoms with Gasteiger partial charge in [0.05, 0.1) is 38.6 Å². The summed E-state index contributed by atoms with van der Waals surface area (Å²) in [6.07, 6.45) is 0. The zero-order valence-electron chi connectivity index (χ0n) is 28.2. The SMILES string of the molecule is c1ccc(-c2nc3c(ccc4ccccc43)nc2-n2c3cccc4c5cccc6c7cc8sc9ccccc9c8cc7n(c7cccc2c7c43)c56)cc1. The average molecular weight is 691 g/mol. The Morgan fingerprint density at radius 1 is 0.434 bits per heavy atom. The Kier molecular flexibility index (Phi) is 5.22. The number of thiophene rings is 1. The molecule has 8 aromatic carbocycles. The molecule has 0 saturated carbocycles. The van der Waals surface area contributed by atoms with Crippen LogP contribution in [0.2, 0.25) is 0 Å². The van der Waals surface area contributed by atoms with Crippen LogP contribution in [-0.4, -0.2) is 18.9 Å². The molecule has 0 aliphatic rings. The molecular formula is C48H26N4S. The largest absolute Gasteiger partial charge is 0.308 e. The molecule has 53 heavy (non-hydrogen) atoms. The number of nitrogens with zero attached hydrogens (tertiary/aromatic N) is 4. The summed E-state index contributed by atoms with van der Waals surface area (Å²) in [6.45, 7) is 0. The van der Waals surface area contributed by atoms with Gasteiger partial charge >= 0.3 is 0 Å². The third-order valence-corrected chi connectivity index (χ3v) is 12.5. The molecule has 0 atom stereocenters. The van der Waals surface area contributed by atoms with Crippen LogP contribution in [0, 0.1) is 0 Å². The van der Waals surface area contributed by atoms with E-state index in [-0.39, 0.29) is 0 Å². The second-order valence-corrected chi connectivity index (χ2v) is 15.2. The molecule has 0 radical (unpaired) electrons. The quantitative estimate of drug-likeness (QED) is 0.169. The molecule has 244 valence electrons. The molecular weight excluding hydrogens is 665 g/mol. The lowest BCUT2D eigenvalue weighted by Crippen LogP contribution is -2.04. The summed E-state index contributed by atoms with van der Waals surface area (Å²) in [4.78, 5) is 11.0. The van der Waals surface area contributed by atoms with Crippen molar-refractivity contribution >= 4 is 113 Å². The maximum absolute atomic E-state index is 5.52. The Labute approximate surface area is 305 Å². The first-order valence-corrected chi connectivity index (χ1v) is 18.8. The minimum atomic E-state index is 0.830. The fraction of sp³-hybridized carbons (Fsp3) is 0. The molecule has 5 heteroatoms. The molecule has 13 rings (SSSR count). The molecule has 0 aliphatic carbocycles. The predicted molar refractivity (Wildman–Crippen MR) is 224 cm³/mol. The summed E-state index contributed by atoms with van der Waals surface area (Å²) in [5.74, 6) is 0.830. The van der Waals surface area contributed by atoms with Crippen LogP contribution in [0.25, 0.3) is 119 Å². The van der Waals surface area contributed by atoms with Crippen LogP contribution in [0.1, 0.15) is 0 Å². The minimum absolute atomic E-state index is 0.830. The van der Waals surface area contributed by atoms with E-state index in [1.165, 1.54) is 69.0 Å². The highest BCUT2D eigenvalue weighted by Crippen LogP contribution is 2.46. The van der Waals surface area contributed by atoms with E-state index < -0.39 is 0 Å². The topological polar surface area (TPSA) is 35.1 Å². The van der Waals surface area contributed by atoms with Gasteiger partial charge < -0.3 is 4.40 Å². The van der Waals surface area contributed by atoms with Gasteiger partial charge in [0, 0.05) is 58.1 Å². The van der Waals surface area contributed by atoms with E-state index >= 15 is 0 Å². The number of para-hydroxylation sites is 1. The first-order valence-electron chi connectivity index (χ1n) is 18.0. The number of benzene rings is 8. The van der Waals surface area contributed by atoms with E-state index in [1.54, 1.807) is 0 Å². The van der Waals surface area contributed by atoms with Gasteiger partial charge in [-0.2, -0.15) is 0 Å². The normalized spacial score (nSPS) is 12.5. The molecule has 4 nitrogen and oxygen atoms in total. The lowest BCUT2D eigenvalue weighted by Gasteiger charge is -2.15. The van der Waals surface area contributed by atoms with Gasteiger partial charge in [-0.05, 0) is 53.2 Å². The van der Waals surface area contributed by atoms with E-state index in [0.29, 0.717) is 0 Å². The molecule has 13 aromatic rings. The number of rotatable bonds is 2. The molecule has 5 heterocycles. The van der Waals surface area contributed by atoms with Gasteiger partial charge in [0.1, 0.15) is 5.69 Å². The lowest BCUT2D eigenvalue weighted by molar-refractivity contribution is 1.08. The number of hydrogen-bond donors (Lipinski definition) is 0. The van der Waals surface area contributed by atoms with Crippen molar-refractivity contribution in [1.82, 2.24) is 18.9 Å². The third kappa shape index (κ3) is 3.54. The van der Waals surface area contributed by atoms with Crippen molar-refractivity contribution in [2.24, 2.45) is 0 Å². The Hall–Kier alpha value is -6.82. The molecule has 0 saturated heterocycles. The molecule has 0 N–H and O–H groups in total. The van der Waals surface area contributed by atoms with Gasteiger partial charge in [0.15, 0.2) is 5.82 Å². The fourth-order valence-electron chi connectivity index (χ4n) is 9.20. The lowest BCUT2D eigenvalue weighted by atomic mass is 10.0. The smallest absolute Gasteiger partial charge is 0.165 e. The number of fused-ring (bicyclic) bond motifs is 11. The van der Waals surface area contributed by atoms with Gasteiger partial charge in [0.2, 0.25) is 0 Å². The first-order chi connectivity index (χ1) is 26.3. The van der Waals surface area contributed by atoms with Crippen molar-refractivity contribution in [3.63, 3.8) is 0 Å². The standard InChI is InChI=1S/C48H26N4S/c1-2-12-28(13-3-1)45-48(49-36-24-23-27-11-4-5-14-29(27)46(36)50-45)52-37-19-9-16-31-32-17-8-18-33-34-26-42-35(30-15-6-7-22-41(30)53-42)25-40(34)51(47(32)33)38-20-10-21-39(52)44(38)43(31)37/h1-26H. The van der Waals surface area contributed by atoms with E-state index in [1.807, 2.05) is 11.3 Å². The van der Waals surface area contributed by atoms with E-state index in [0.717, 1.165) is 49.9 Å². The van der Waals surface area contributed by atoms with Crippen LogP contribution >= 0.6 is 11.3 Å². The zero-order chi connectivity index (χ0) is 34.4. The van der Waals surface area contributed by atoms with Crippen LogP contribution in [0.4, 0.5) is 0 Å². The zero-order valence-corrected chi connectivity index (χ0v) is 29.0. The van der Waals surface area contributed by atoms with Crippen LogP contribution < -0.4 is 0 Å². The highest BCUT2D eigenvalue weighted by Gasteiger charge is 2.25. The van der Waals surface area contributed by atoms with Crippen molar-refractivity contribution < 1.29 is 0 Å². The van der Waals surface area contributed by atoms with Crippen molar-refractivity contribution in [3.8, 4) is 17.1 Å². The summed E-state index contributed by atoms with van der Waals surface area (Å²) < 4.78 is 7.55. The third-order valence-electron chi connectivity index (χ3n) is 11.4. The van der Waals surface area contributed by atoms with Gasteiger partial charge in [-0.15, -0.1) is 11.3 Å². The maximum Gasteiger partial charge on any atom is 0.165 e. The van der Waals surface area contributed by atoms with Crippen LogP contribution in [0.15, 0.2) is 158 Å². The Balaban J connectivity index is 1.24. The first kappa shape index (κ1) is 27.8. The Bertz CT molecular complexity index is 3680. The summed E-state index contributed by atoms with van der Waals surface area (Å²) in [5.41, 5.74) is 9.60. The summed E-state index contributed by atoms with van der Waals surface area (Å²) in [7, 11) is 0. The molecule has 0 spiro atoms. The molecule has 0 bridgehead atoms. The van der Waals surface area contributed by atoms with Gasteiger partial charge in [-0.25, -0.2) is 9.97 Å².